The van der Waals surface area contributed by atoms with Crippen LogP contribution in [0.2, 0.25) is 0 Å². The van der Waals surface area contributed by atoms with Gasteiger partial charge < -0.3 is 21.7 Å². The monoisotopic (exact) mass is 631 g/mol. The fraction of sp³-hybridized carbons (Fsp3) is 0.175. The molecule has 0 saturated carbocycles. The first-order valence-electron chi connectivity index (χ1n) is 16.2. The molecule has 0 aliphatic heterocycles. The highest BCUT2D eigenvalue weighted by Crippen LogP contribution is 2.45. The maximum absolute atomic E-state index is 9.75. The number of aryl methyl sites for hydroxylation is 2. The standard InChI is InChI=1S/C40H34NO.BF4/c1-3-12-28(13-4-1)32(37-20-11-27-42-37)25-26-41-39-33-18-9-7-14-29(33)21-23-35(39)38(31-16-5-2-6-17-31)36-24-22-30-15-8-10-19-34(30)40(36)41;2-1(3,4)5/h1-20,27,32H,21-26H2;/q+1;-1. The average Bonchev–Trinajstić information content (AvgIpc) is 3.62. The first-order valence-corrected chi connectivity index (χ1v) is 16.2. The van der Waals surface area contributed by atoms with E-state index in [0.29, 0.717) is 0 Å². The summed E-state index contributed by atoms with van der Waals surface area (Å²) in [6.07, 6.45) is 7.05. The Morgan fingerprint density at radius 1 is 0.596 bits per heavy atom. The van der Waals surface area contributed by atoms with E-state index < -0.39 is 7.25 Å². The molecule has 47 heavy (non-hydrogen) atoms. The summed E-state index contributed by atoms with van der Waals surface area (Å²) in [4.78, 5) is 0. The second-order valence-electron chi connectivity index (χ2n) is 12.1. The van der Waals surface area contributed by atoms with Gasteiger partial charge in [-0.1, -0.05) is 97.1 Å². The third kappa shape index (κ3) is 6.40. The van der Waals surface area contributed by atoms with E-state index >= 15 is 0 Å². The van der Waals surface area contributed by atoms with Crippen molar-refractivity contribution in [2.45, 2.75) is 44.6 Å². The molecular formula is C40H34BF4NO. The van der Waals surface area contributed by atoms with Crippen LogP contribution in [-0.4, -0.2) is 7.25 Å². The third-order valence-corrected chi connectivity index (χ3v) is 9.34. The van der Waals surface area contributed by atoms with Crippen LogP contribution in [0.1, 0.15) is 45.9 Å². The molecule has 0 saturated heterocycles. The molecule has 1 atom stereocenters. The molecule has 2 aliphatic carbocycles. The minimum Gasteiger partial charge on any atom is -0.469 e. The Kier molecular flexibility index (Phi) is 8.55. The second-order valence-corrected chi connectivity index (χ2v) is 12.1. The molecule has 0 fully saturated rings. The molecule has 0 spiro atoms. The van der Waals surface area contributed by atoms with Crippen molar-refractivity contribution in [3.05, 3.63) is 161 Å². The Morgan fingerprint density at radius 3 is 1.64 bits per heavy atom. The Balaban J connectivity index is 0.000000656. The molecule has 0 N–H and O–H groups in total. The van der Waals surface area contributed by atoms with Gasteiger partial charge in [0.05, 0.1) is 6.26 Å². The Labute approximate surface area is 272 Å². The molecule has 2 aromatic heterocycles. The van der Waals surface area contributed by atoms with Crippen LogP contribution in [0.3, 0.4) is 0 Å². The van der Waals surface area contributed by atoms with Gasteiger partial charge in [0, 0.05) is 40.2 Å². The zero-order valence-corrected chi connectivity index (χ0v) is 25.9. The highest BCUT2D eigenvalue weighted by molar-refractivity contribution is 6.50. The van der Waals surface area contributed by atoms with Crippen molar-refractivity contribution in [2.24, 2.45) is 0 Å². The molecule has 2 heterocycles. The normalized spacial score (nSPS) is 13.7. The first kappa shape index (κ1) is 30.7. The number of nitrogens with zero attached hydrogens (tertiary/aromatic N) is 1. The minimum absolute atomic E-state index is 0.187. The van der Waals surface area contributed by atoms with Crippen molar-refractivity contribution in [2.75, 3.05) is 0 Å². The van der Waals surface area contributed by atoms with Gasteiger partial charge in [-0.3, -0.25) is 0 Å². The summed E-state index contributed by atoms with van der Waals surface area (Å²) in [5.74, 6) is 1.22. The Hall–Kier alpha value is -4.91. The molecule has 0 amide bonds. The lowest BCUT2D eigenvalue weighted by molar-refractivity contribution is -0.676. The molecule has 0 bridgehead atoms. The van der Waals surface area contributed by atoms with Crippen LogP contribution >= 0.6 is 0 Å². The fourth-order valence-corrected chi connectivity index (χ4v) is 7.50. The lowest BCUT2D eigenvalue weighted by atomic mass is 9.77. The van der Waals surface area contributed by atoms with Crippen LogP contribution < -0.4 is 4.57 Å². The summed E-state index contributed by atoms with van der Waals surface area (Å²) in [6, 6.07) is 44.3. The van der Waals surface area contributed by atoms with E-state index in [1.54, 1.807) is 0 Å². The second kappa shape index (κ2) is 13.1. The molecule has 2 aliphatic rings. The molecule has 8 rings (SSSR count). The van der Waals surface area contributed by atoms with Crippen LogP contribution in [0, 0.1) is 0 Å². The van der Waals surface area contributed by atoms with E-state index in [-0.39, 0.29) is 5.92 Å². The predicted molar refractivity (Wildman–Crippen MR) is 180 cm³/mol. The Bertz CT molecular complexity index is 1910. The van der Waals surface area contributed by atoms with Crippen LogP contribution in [0.4, 0.5) is 17.3 Å². The fourth-order valence-electron chi connectivity index (χ4n) is 7.50. The quantitative estimate of drug-likeness (QED) is 0.102. The molecule has 0 radical (unpaired) electrons. The zero-order valence-electron chi connectivity index (χ0n) is 25.9. The molecule has 6 aromatic rings. The smallest absolute Gasteiger partial charge is 0.469 e. The van der Waals surface area contributed by atoms with Gasteiger partial charge in [-0.05, 0) is 72.2 Å². The highest BCUT2D eigenvalue weighted by atomic mass is 19.5. The molecule has 236 valence electrons. The minimum atomic E-state index is -6.00. The lowest BCUT2D eigenvalue weighted by Gasteiger charge is -2.29. The van der Waals surface area contributed by atoms with Crippen molar-refractivity contribution in [1.29, 1.82) is 0 Å². The third-order valence-electron chi connectivity index (χ3n) is 9.34. The van der Waals surface area contributed by atoms with Crippen molar-refractivity contribution in [3.8, 4) is 33.6 Å². The molecule has 2 nitrogen and oxygen atoms in total. The maximum atomic E-state index is 9.75. The van der Waals surface area contributed by atoms with Gasteiger partial charge in [0.1, 0.15) is 5.76 Å². The van der Waals surface area contributed by atoms with Crippen molar-refractivity contribution in [3.63, 3.8) is 0 Å². The van der Waals surface area contributed by atoms with Gasteiger partial charge in [-0.25, -0.2) is 0 Å². The molecule has 4 aromatic carbocycles. The van der Waals surface area contributed by atoms with Gasteiger partial charge >= 0.3 is 7.25 Å². The van der Waals surface area contributed by atoms with Gasteiger partial charge in [0.2, 0.25) is 11.4 Å². The number of furan rings is 1. The number of rotatable bonds is 6. The van der Waals surface area contributed by atoms with Crippen LogP contribution in [-0.2, 0) is 32.2 Å². The van der Waals surface area contributed by atoms with E-state index in [1.165, 1.54) is 61.5 Å². The highest BCUT2D eigenvalue weighted by Gasteiger charge is 2.38. The summed E-state index contributed by atoms with van der Waals surface area (Å²) in [6.45, 7) is 0.905. The van der Waals surface area contributed by atoms with Crippen LogP contribution in [0.25, 0.3) is 33.6 Å². The summed E-state index contributed by atoms with van der Waals surface area (Å²) < 4.78 is 47.7. The lowest BCUT2D eigenvalue weighted by Crippen LogP contribution is -2.44. The number of benzene rings is 4. The van der Waals surface area contributed by atoms with Crippen LogP contribution in [0.15, 0.2) is 132 Å². The topological polar surface area (TPSA) is 17.0 Å². The summed E-state index contributed by atoms with van der Waals surface area (Å²) in [7, 11) is -6.00. The molecular weight excluding hydrogens is 597 g/mol. The van der Waals surface area contributed by atoms with E-state index in [9.17, 15) is 17.3 Å². The number of pyridine rings is 1. The maximum Gasteiger partial charge on any atom is 0.673 e. The summed E-state index contributed by atoms with van der Waals surface area (Å²) in [5, 5.41) is 0. The van der Waals surface area contributed by atoms with Gasteiger partial charge in [0.15, 0.2) is 6.54 Å². The van der Waals surface area contributed by atoms with E-state index in [2.05, 4.69) is 120 Å². The van der Waals surface area contributed by atoms with Gasteiger partial charge in [-0.2, -0.15) is 4.57 Å². The van der Waals surface area contributed by atoms with Gasteiger partial charge in [0.25, 0.3) is 0 Å². The number of hydrogen-bond donors (Lipinski definition) is 0. The van der Waals surface area contributed by atoms with Crippen molar-refractivity contribution in [1.82, 2.24) is 0 Å². The zero-order chi connectivity index (χ0) is 32.4. The van der Waals surface area contributed by atoms with E-state index in [4.69, 9.17) is 4.42 Å². The number of fused-ring (bicyclic) bond motifs is 6. The molecule has 1 unspecified atom stereocenters. The number of hydrogen-bond acceptors (Lipinski definition) is 1. The molecule has 7 heteroatoms. The first-order chi connectivity index (χ1) is 22.9. The van der Waals surface area contributed by atoms with Gasteiger partial charge in [-0.15, -0.1) is 0 Å². The van der Waals surface area contributed by atoms with Crippen molar-refractivity contribution >= 4 is 7.25 Å². The van der Waals surface area contributed by atoms with E-state index in [1.807, 2.05) is 12.3 Å². The van der Waals surface area contributed by atoms with Crippen molar-refractivity contribution < 1.29 is 26.2 Å². The number of halogens is 4. The Morgan fingerprint density at radius 2 is 1.11 bits per heavy atom. The average molecular weight is 632 g/mol. The summed E-state index contributed by atoms with van der Waals surface area (Å²) >= 11 is 0. The summed E-state index contributed by atoms with van der Waals surface area (Å²) in [5.41, 5.74) is 15.6. The largest absolute Gasteiger partial charge is 0.673 e. The van der Waals surface area contributed by atoms with E-state index in [0.717, 1.165) is 44.4 Å². The number of aromatic nitrogens is 1. The predicted octanol–water partition coefficient (Wildman–Crippen LogP) is 10.3. The van der Waals surface area contributed by atoms with Crippen LogP contribution in [0.5, 0.6) is 0 Å². The SMILES string of the molecule is F[B-](F)(F)F.c1ccc(-c2c3c([n+](CCC(c4ccccc4)c4ccco4)c4c2CCc2ccccc2-4)-c2ccccc2CC3)cc1.